The molecule has 2 N–H and O–H groups in total. The topological polar surface area (TPSA) is 75.2 Å². The van der Waals surface area contributed by atoms with Crippen molar-refractivity contribution in [2.75, 3.05) is 33.8 Å². The van der Waals surface area contributed by atoms with E-state index in [2.05, 4.69) is 35.5 Å². The molecule has 1 unspecified atom stereocenters. The average molecular weight is 391 g/mol. The normalized spacial score (nSPS) is 15.6. The number of guanidine groups is 1. The van der Waals surface area contributed by atoms with Crippen molar-refractivity contribution < 1.29 is 14.3 Å². The van der Waals surface area contributed by atoms with Crippen LogP contribution >= 0.6 is 0 Å². The average Bonchev–Trinajstić information content (AvgIpc) is 3.02. The minimum atomic E-state index is -0.0000785. The van der Waals surface area contributed by atoms with Crippen LogP contribution in [0, 0.1) is 0 Å². The number of hydrogen-bond acceptors (Lipinski definition) is 4. The number of likely N-dealkylation sites (N-methyl/N-ethyl adjacent to an activating group) is 1. The summed E-state index contributed by atoms with van der Waals surface area (Å²) in [6, 6.07) is 4.10. The minimum Gasteiger partial charge on any atom is -0.494 e. The maximum absolute atomic E-state index is 11.9. The number of benzene rings is 1. The lowest BCUT2D eigenvalue weighted by Crippen LogP contribution is -2.43. The van der Waals surface area contributed by atoms with E-state index in [1.54, 1.807) is 19.0 Å². The minimum absolute atomic E-state index is 0.0000785. The molecule has 0 saturated heterocycles. The van der Waals surface area contributed by atoms with Crippen molar-refractivity contribution in [1.29, 1.82) is 0 Å². The third kappa shape index (κ3) is 6.32. The molecular weight excluding hydrogens is 356 g/mol. The second kappa shape index (κ2) is 10.8. The summed E-state index contributed by atoms with van der Waals surface area (Å²) in [6.07, 6.45) is 3.22. The molecule has 28 heavy (non-hydrogen) atoms. The van der Waals surface area contributed by atoms with E-state index in [-0.39, 0.29) is 18.6 Å². The number of nitrogens with one attached hydrogen (secondary N) is 2. The van der Waals surface area contributed by atoms with E-state index in [9.17, 15) is 4.79 Å². The van der Waals surface area contributed by atoms with E-state index in [0.29, 0.717) is 19.1 Å². The Hall–Kier alpha value is -2.44. The fourth-order valence-corrected chi connectivity index (χ4v) is 2.93. The first-order valence-corrected chi connectivity index (χ1v) is 10.1. The number of carbonyl (C=O) groups excluding carboxylic acids is 1. The summed E-state index contributed by atoms with van der Waals surface area (Å²) in [5, 5.41) is 6.41. The monoisotopic (exact) mass is 390 g/mol. The zero-order valence-electron chi connectivity index (χ0n) is 17.8. The first kappa shape index (κ1) is 21.9. The quantitative estimate of drug-likeness (QED) is 0.385. The number of nitrogens with zero attached hydrogens (tertiary/aromatic N) is 2. The van der Waals surface area contributed by atoms with Crippen molar-refractivity contribution in [3.05, 3.63) is 23.3 Å². The summed E-state index contributed by atoms with van der Waals surface area (Å²) >= 11 is 0. The molecule has 1 aromatic carbocycles. The van der Waals surface area contributed by atoms with Gasteiger partial charge in [-0.15, -0.1) is 0 Å². The molecule has 1 aliphatic rings. The van der Waals surface area contributed by atoms with Crippen molar-refractivity contribution in [3.8, 4) is 11.5 Å². The number of fused-ring (bicyclic) bond motifs is 1. The third-order valence-electron chi connectivity index (χ3n) is 4.52. The Morgan fingerprint density at radius 1 is 1.32 bits per heavy atom. The van der Waals surface area contributed by atoms with Crippen LogP contribution < -0.4 is 20.1 Å². The molecule has 0 aromatic heterocycles. The Labute approximate surface area is 168 Å². The molecule has 0 saturated carbocycles. The number of aliphatic imine (C=N–C) groups is 1. The van der Waals surface area contributed by atoms with Crippen LogP contribution in [0.1, 0.15) is 44.7 Å². The molecule has 7 heteroatoms. The summed E-state index contributed by atoms with van der Waals surface area (Å²) < 4.78 is 11.7. The summed E-state index contributed by atoms with van der Waals surface area (Å²) in [5.41, 5.74) is 2.16. The van der Waals surface area contributed by atoms with Gasteiger partial charge in [0.15, 0.2) is 5.96 Å². The van der Waals surface area contributed by atoms with E-state index in [4.69, 9.17) is 9.47 Å². The van der Waals surface area contributed by atoms with Crippen LogP contribution in [0.4, 0.5) is 0 Å². The van der Waals surface area contributed by atoms with Gasteiger partial charge in [0.2, 0.25) is 5.91 Å². The molecule has 0 fully saturated rings. The lowest BCUT2D eigenvalue weighted by atomic mass is 10.1. The van der Waals surface area contributed by atoms with Crippen LogP contribution in [-0.2, 0) is 17.8 Å². The second-order valence-corrected chi connectivity index (χ2v) is 7.22. The first-order valence-electron chi connectivity index (χ1n) is 10.1. The molecule has 1 aromatic rings. The molecule has 7 nitrogen and oxygen atoms in total. The van der Waals surface area contributed by atoms with Gasteiger partial charge in [0.1, 0.15) is 17.6 Å². The smallest absolute Gasteiger partial charge is 0.241 e. The molecule has 1 heterocycles. The van der Waals surface area contributed by atoms with Crippen LogP contribution in [-0.4, -0.2) is 56.7 Å². The highest BCUT2D eigenvalue weighted by Gasteiger charge is 2.21. The van der Waals surface area contributed by atoms with Gasteiger partial charge in [-0.25, -0.2) is 4.99 Å². The Morgan fingerprint density at radius 3 is 2.79 bits per heavy atom. The van der Waals surface area contributed by atoms with Crippen molar-refractivity contribution in [2.24, 2.45) is 4.99 Å². The zero-order valence-corrected chi connectivity index (χ0v) is 17.8. The highest BCUT2D eigenvalue weighted by Crippen LogP contribution is 2.35. The predicted octanol–water partition coefficient (Wildman–Crippen LogP) is 2.33. The highest BCUT2D eigenvalue weighted by atomic mass is 16.5. The predicted molar refractivity (Wildman–Crippen MR) is 112 cm³/mol. The van der Waals surface area contributed by atoms with Crippen molar-refractivity contribution in [1.82, 2.24) is 15.5 Å². The molecule has 1 atom stereocenters. The Bertz CT molecular complexity index is 688. The fourth-order valence-electron chi connectivity index (χ4n) is 2.93. The van der Waals surface area contributed by atoms with Gasteiger partial charge in [0, 0.05) is 38.2 Å². The zero-order chi connectivity index (χ0) is 20.5. The second-order valence-electron chi connectivity index (χ2n) is 7.22. The van der Waals surface area contributed by atoms with Crippen LogP contribution in [0.15, 0.2) is 17.1 Å². The van der Waals surface area contributed by atoms with Gasteiger partial charge in [-0.3, -0.25) is 4.79 Å². The molecule has 1 aliphatic heterocycles. The van der Waals surface area contributed by atoms with Crippen LogP contribution in [0.25, 0.3) is 0 Å². The summed E-state index contributed by atoms with van der Waals surface area (Å²) in [7, 11) is 3.48. The molecule has 156 valence electrons. The largest absolute Gasteiger partial charge is 0.494 e. The molecule has 2 rings (SSSR count). The number of ether oxygens (including phenoxy) is 2. The summed E-state index contributed by atoms with van der Waals surface area (Å²) in [4.78, 5) is 18.1. The lowest BCUT2D eigenvalue weighted by Gasteiger charge is -2.16. The van der Waals surface area contributed by atoms with E-state index in [1.807, 2.05) is 13.0 Å². The third-order valence-corrected chi connectivity index (χ3v) is 4.52. The molecule has 1 amide bonds. The Morgan fingerprint density at radius 2 is 2.11 bits per heavy atom. The van der Waals surface area contributed by atoms with Gasteiger partial charge in [0.05, 0.1) is 19.7 Å². The van der Waals surface area contributed by atoms with Crippen molar-refractivity contribution in [3.63, 3.8) is 0 Å². The highest BCUT2D eigenvalue weighted by molar-refractivity contribution is 5.86. The fraction of sp³-hybridized carbons (Fsp3) is 0.619. The number of carbonyl (C=O) groups is 1. The van der Waals surface area contributed by atoms with Crippen LogP contribution in [0.5, 0.6) is 11.5 Å². The van der Waals surface area contributed by atoms with E-state index in [1.165, 1.54) is 5.56 Å². The van der Waals surface area contributed by atoms with Gasteiger partial charge in [0.25, 0.3) is 0 Å². The maximum atomic E-state index is 11.9. The molecular formula is C21H34N4O3. The SMILES string of the molecule is CCCCNC(=NCc1cc2c(cc1OCC)CC(C)O2)NCC(=O)N(C)C. The number of amides is 1. The van der Waals surface area contributed by atoms with Crippen LogP contribution in [0.3, 0.4) is 0 Å². The Kier molecular flexibility index (Phi) is 8.42. The summed E-state index contributed by atoms with van der Waals surface area (Å²) in [5.74, 6) is 2.39. The van der Waals surface area contributed by atoms with Gasteiger partial charge < -0.3 is 25.0 Å². The summed E-state index contributed by atoms with van der Waals surface area (Å²) in [6.45, 7) is 8.24. The number of hydrogen-bond donors (Lipinski definition) is 2. The van der Waals surface area contributed by atoms with E-state index >= 15 is 0 Å². The van der Waals surface area contributed by atoms with Crippen molar-refractivity contribution >= 4 is 11.9 Å². The van der Waals surface area contributed by atoms with Gasteiger partial charge in [-0.05, 0) is 32.4 Å². The lowest BCUT2D eigenvalue weighted by molar-refractivity contribution is -0.127. The first-order chi connectivity index (χ1) is 13.4. The number of unbranched alkanes of at least 4 members (excludes halogenated alkanes) is 1. The number of rotatable bonds is 9. The van der Waals surface area contributed by atoms with Gasteiger partial charge in [-0.2, -0.15) is 0 Å². The van der Waals surface area contributed by atoms with E-state index < -0.39 is 0 Å². The van der Waals surface area contributed by atoms with Gasteiger partial charge in [-0.1, -0.05) is 13.3 Å². The molecule has 0 aliphatic carbocycles. The van der Waals surface area contributed by atoms with Crippen molar-refractivity contribution in [2.45, 2.75) is 52.7 Å². The molecule has 0 radical (unpaired) electrons. The van der Waals surface area contributed by atoms with Crippen LogP contribution in [0.2, 0.25) is 0 Å². The van der Waals surface area contributed by atoms with Gasteiger partial charge >= 0.3 is 0 Å². The molecule has 0 bridgehead atoms. The van der Waals surface area contributed by atoms with E-state index in [0.717, 1.165) is 42.9 Å². The standard InChI is InChI=1S/C21H34N4O3/c1-6-8-9-22-21(24-14-20(26)25(4)5)23-13-17-12-19-16(10-15(3)28-19)11-18(17)27-7-2/h11-12,15H,6-10,13-14H2,1-5H3,(H2,22,23,24). The maximum Gasteiger partial charge on any atom is 0.241 e. The Balaban J connectivity index is 2.14. The molecule has 0 spiro atoms.